The molecule has 0 spiro atoms. The second-order valence-corrected chi connectivity index (χ2v) is 7.28. The highest BCUT2D eigenvalue weighted by atomic mass is 16.3. The Morgan fingerprint density at radius 2 is 1.77 bits per heavy atom. The fraction of sp³-hybridized carbons (Fsp3) is 0.700. The minimum absolute atomic E-state index is 0.335. The largest absolute Gasteiger partial charge is 0.396 e. The topological polar surface area (TPSA) is 32.3 Å². The molecule has 2 aliphatic carbocycles. The van der Waals surface area contributed by atoms with E-state index < -0.39 is 0 Å². The first kappa shape index (κ1) is 16.0. The van der Waals surface area contributed by atoms with Gasteiger partial charge in [-0.1, -0.05) is 50.3 Å². The van der Waals surface area contributed by atoms with Gasteiger partial charge in [-0.2, -0.15) is 0 Å². The number of nitrogens with one attached hydrogen (secondary N) is 1. The lowest BCUT2D eigenvalue weighted by atomic mass is 9.80. The maximum absolute atomic E-state index is 9.69. The van der Waals surface area contributed by atoms with Crippen molar-refractivity contribution in [3.63, 3.8) is 0 Å². The summed E-state index contributed by atoms with van der Waals surface area (Å²) in [5.74, 6) is 1.17. The second-order valence-electron chi connectivity index (χ2n) is 7.28. The van der Waals surface area contributed by atoms with E-state index in [1.165, 1.54) is 63.4 Å². The molecule has 2 heteroatoms. The van der Waals surface area contributed by atoms with Crippen molar-refractivity contribution in [2.45, 2.75) is 64.3 Å². The molecule has 0 heterocycles. The Kier molecular flexibility index (Phi) is 5.91. The maximum Gasteiger partial charge on any atom is 0.0474 e. The Labute approximate surface area is 135 Å². The van der Waals surface area contributed by atoms with Crippen LogP contribution in [0, 0.1) is 11.8 Å². The number of hydrogen-bond donors (Lipinski definition) is 2. The lowest BCUT2D eigenvalue weighted by molar-refractivity contribution is 0.145. The van der Waals surface area contributed by atoms with Crippen LogP contribution in [0.3, 0.4) is 0 Å². The van der Waals surface area contributed by atoms with Crippen LogP contribution in [0.5, 0.6) is 0 Å². The average molecular weight is 301 g/mol. The zero-order valence-electron chi connectivity index (χ0n) is 13.8. The Hall–Kier alpha value is -0.860. The maximum atomic E-state index is 9.69. The van der Waals surface area contributed by atoms with Gasteiger partial charge in [0.15, 0.2) is 0 Å². The molecule has 0 aromatic heterocycles. The van der Waals surface area contributed by atoms with Gasteiger partial charge in [0.05, 0.1) is 0 Å². The van der Waals surface area contributed by atoms with Crippen molar-refractivity contribution in [2.75, 3.05) is 13.2 Å². The van der Waals surface area contributed by atoms with Crippen molar-refractivity contribution in [1.82, 2.24) is 5.32 Å². The summed E-state index contributed by atoms with van der Waals surface area (Å²) < 4.78 is 0. The summed E-state index contributed by atoms with van der Waals surface area (Å²) in [6.45, 7) is 2.23. The Morgan fingerprint density at radius 3 is 2.55 bits per heavy atom. The molecular formula is C20H31NO. The number of rotatable bonds is 6. The molecule has 1 aromatic carbocycles. The molecule has 22 heavy (non-hydrogen) atoms. The van der Waals surface area contributed by atoms with Gasteiger partial charge in [0.25, 0.3) is 0 Å². The standard InChI is InChI=1S/C20H31NO/c22-15-20(17-6-2-1-3-7-17)14-21-13-16-10-11-18-8-4-5-9-19(18)12-16/h10-12,17,20-22H,1-9,13-15H2. The molecule has 1 saturated carbocycles. The molecule has 1 unspecified atom stereocenters. The van der Waals surface area contributed by atoms with Crippen LogP contribution in [-0.4, -0.2) is 18.3 Å². The quantitative estimate of drug-likeness (QED) is 0.836. The lowest BCUT2D eigenvalue weighted by Gasteiger charge is -2.29. The number of aliphatic hydroxyl groups excluding tert-OH is 1. The van der Waals surface area contributed by atoms with Crippen molar-refractivity contribution in [1.29, 1.82) is 0 Å². The predicted octanol–water partition coefficient (Wildman–Crippen LogP) is 3.84. The van der Waals surface area contributed by atoms with Gasteiger partial charge in [-0.15, -0.1) is 0 Å². The third-order valence-corrected chi connectivity index (χ3v) is 5.70. The Balaban J connectivity index is 1.49. The van der Waals surface area contributed by atoms with E-state index in [2.05, 4.69) is 23.5 Å². The molecule has 3 rings (SSSR count). The third kappa shape index (κ3) is 4.11. The fourth-order valence-corrected chi connectivity index (χ4v) is 4.28. The van der Waals surface area contributed by atoms with Crippen molar-refractivity contribution in [3.8, 4) is 0 Å². The molecule has 2 N–H and O–H groups in total. The lowest BCUT2D eigenvalue weighted by Crippen LogP contribution is -2.31. The normalized spacial score (nSPS) is 20.6. The summed E-state index contributed by atoms with van der Waals surface area (Å²) in [7, 11) is 0. The van der Waals surface area contributed by atoms with Gasteiger partial charge in [-0.25, -0.2) is 0 Å². The van der Waals surface area contributed by atoms with Crippen LogP contribution in [0.15, 0.2) is 18.2 Å². The molecule has 1 atom stereocenters. The summed E-state index contributed by atoms with van der Waals surface area (Å²) in [4.78, 5) is 0. The molecule has 1 aromatic rings. The molecule has 0 aliphatic heterocycles. The highest BCUT2D eigenvalue weighted by molar-refractivity contribution is 5.33. The molecule has 0 bridgehead atoms. The number of aryl methyl sites for hydroxylation is 2. The van der Waals surface area contributed by atoms with Gasteiger partial charge in [0.1, 0.15) is 0 Å². The molecule has 1 fully saturated rings. The smallest absolute Gasteiger partial charge is 0.0474 e. The van der Waals surface area contributed by atoms with Gasteiger partial charge in [-0.05, 0) is 54.2 Å². The van der Waals surface area contributed by atoms with Gasteiger partial charge in [-0.3, -0.25) is 0 Å². The van der Waals surface area contributed by atoms with Gasteiger partial charge >= 0.3 is 0 Å². The predicted molar refractivity (Wildman–Crippen MR) is 91.9 cm³/mol. The number of benzene rings is 1. The molecular weight excluding hydrogens is 270 g/mol. The van der Waals surface area contributed by atoms with E-state index in [0.29, 0.717) is 12.5 Å². The molecule has 122 valence electrons. The minimum atomic E-state index is 0.335. The van der Waals surface area contributed by atoms with E-state index >= 15 is 0 Å². The zero-order chi connectivity index (χ0) is 15.2. The first-order chi connectivity index (χ1) is 10.9. The van der Waals surface area contributed by atoms with E-state index in [4.69, 9.17) is 0 Å². The molecule has 0 amide bonds. The van der Waals surface area contributed by atoms with Crippen molar-refractivity contribution < 1.29 is 5.11 Å². The van der Waals surface area contributed by atoms with E-state index in [9.17, 15) is 5.11 Å². The van der Waals surface area contributed by atoms with Gasteiger partial charge in [0.2, 0.25) is 0 Å². The minimum Gasteiger partial charge on any atom is -0.396 e. The summed E-state index contributed by atoms with van der Waals surface area (Å²) >= 11 is 0. The van der Waals surface area contributed by atoms with Crippen molar-refractivity contribution in [2.24, 2.45) is 11.8 Å². The Bertz CT molecular complexity index is 465. The van der Waals surface area contributed by atoms with Gasteiger partial charge in [0, 0.05) is 19.7 Å². The van der Waals surface area contributed by atoms with E-state index in [-0.39, 0.29) is 0 Å². The third-order valence-electron chi connectivity index (χ3n) is 5.70. The van der Waals surface area contributed by atoms with E-state index in [0.717, 1.165) is 19.0 Å². The van der Waals surface area contributed by atoms with Crippen LogP contribution in [0.25, 0.3) is 0 Å². The van der Waals surface area contributed by atoms with Crippen molar-refractivity contribution >= 4 is 0 Å². The molecule has 0 saturated heterocycles. The number of aliphatic hydroxyl groups is 1. The first-order valence-corrected chi connectivity index (χ1v) is 9.29. The SMILES string of the molecule is OCC(CNCc1ccc2c(c1)CCCC2)C1CCCCC1. The highest BCUT2D eigenvalue weighted by Crippen LogP contribution is 2.29. The zero-order valence-corrected chi connectivity index (χ0v) is 13.8. The summed E-state index contributed by atoms with van der Waals surface area (Å²) in [5, 5.41) is 13.3. The van der Waals surface area contributed by atoms with Crippen LogP contribution >= 0.6 is 0 Å². The fourth-order valence-electron chi connectivity index (χ4n) is 4.28. The van der Waals surface area contributed by atoms with Gasteiger partial charge < -0.3 is 10.4 Å². The Morgan fingerprint density at radius 1 is 1.00 bits per heavy atom. The van der Waals surface area contributed by atoms with Crippen LogP contribution < -0.4 is 5.32 Å². The van der Waals surface area contributed by atoms with Crippen LogP contribution in [0.4, 0.5) is 0 Å². The molecule has 2 nitrogen and oxygen atoms in total. The number of hydrogen-bond acceptors (Lipinski definition) is 2. The van der Waals surface area contributed by atoms with Crippen LogP contribution in [-0.2, 0) is 19.4 Å². The van der Waals surface area contributed by atoms with Crippen LogP contribution in [0.1, 0.15) is 61.6 Å². The second kappa shape index (κ2) is 8.12. The number of fused-ring (bicyclic) bond motifs is 1. The summed E-state index contributed by atoms with van der Waals surface area (Å²) in [5.41, 5.74) is 4.53. The first-order valence-electron chi connectivity index (χ1n) is 9.29. The summed E-state index contributed by atoms with van der Waals surface area (Å²) in [6, 6.07) is 7.01. The monoisotopic (exact) mass is 301 g/mol. The molecule has 0 radical (unpaired) electrons. The highest BCUT2D eigenvalue weighted by Gasteiger charge is 2.22. The molecule has 2 aliphatic rings. The van der Waals surface area contributed by atoms with Crippen LogP contribution in [0.2, 0.25) is 0 Å². The average Bonchev–Trinajstić information content (AvgIpc) is 2.59. The van der Waals surface area contributed by atoms with E-state index in [1.54, 1.807) is 11.1 Å². The van der Waals surface area contributed by atoms with E-state index in [1.807, 2.05) is 0 Å². The summed E-state index contributed by atoms with van der Waals surface area (Å²) in [6.07, 6.45) is 11.9. The van der Waals surface area contributed by atoms with Crippen molar-refractivity contribution in [3.05, 3.63) is 34.9 Å².